The molecule has 0 bridgehead atoms. The van der Waals surface area contributed by atoms with Crippen LogP contribution in [0.25, 0.3) is 11.0 Å². The summed E-state index contributed by atoms with van der Waals surface area (Å²) >= 11 is 0. The van der Waals surface area contributed by atoms with Crippen molar-refractivity contribution in [1.82, 2.24) is 14.9 Å². The van der Waals surface area contributed by atoms with Gasteiger partial charge in [0.05, 0.1) is 28.9 Å². The largest absolute Gasteiger partial charge is 0.354 e. The number of aromatic nitrogens is 2. The molecule has 1 N–H and O–H groups in total. The minimum absolute atomic E-state index is 0.0284. The molecule has 0 saturated carbocycles. The Morgan fingerprint density at radius 1 is 1.45 bits per heavy atom. The number of carbonyl (C=O) groups excluding carboxylic acids is 1. The maximum Gasteiger partial charge on any atom is 0.242 e. The molecular weight excluding hydrogens is 302 g/mol. The van der Waals surface area contributed by atoms with E-state index in [0.717, 1.165) is 11.0 Å². The Kier molecular flexibility index (Phi) is 3.90. The molecule has 1 amide bonds. The zero-order valence-corrected chi connectivity index (χ0v) is 13.2. The summed E-state index contributed by atoms with van der Waals surface area (Å²) in [5, 5.41) is 2.86. The second-order valence-corrected chi connectivity index (χ2v) is 8.06. The van der Waals surface area contributed by atoms with E-state index < -0.39 is 9.84 Å². The van der Waals surface area contributed by atoms with Crippen LogP contribution in [-0.4, -0.2) is 41.9 Å². The molecule has 0 radical (unpaired) electrons. The molecular formula is C15H19N3O3S. The van der Waals surface area contributed by atoms with Crippen LogP contribution in [0.5, 0.6) is 0 Å². The van der Waals surface area contributed by atoms with Crippen molar-refractivity contribution in [2.24, 2.45) is 5.92 Å². The van der Waals surface area contributed by atoms with Crippen LogP contribution in [0.3, 0.4) is 0 Å². The lowest BCUT2D eigenvalue weighted by Crippen LogP contribution is -2.34. The number of nitrogens with zero attached hydrogens (tertiary/aromatic N) is 2. The number of amides is 1. The Hall–Kier alpha value is -1.89. The Morgan fingerprint density at radius 2 is 2.23 bits per heavy atom. The lowest BCUT2D eigenvalue weighted by molar-refractivity contribution is -0.123. The molecule has 6 nitrogen and oxygen atoms in total. The lowest BCUT2D eigenvalue weighted by Gasteiger charge is -2.16. The highest BCUT2D eigenvalue weighted by Gasteiger charge is 2.28. The quantitative estimate of drug-likeness (QED) is 0.916. The molecule has 0 unspecified atom stereocenters. The number of carbonyl (C=O) groups is 1. The molecule has 7 heteroatoms. The first-order valence-corrected chi connectivity index (χ1v) is 9.18. The fourth-order valence-corrected chi connectivity index (χ4v) is 4.70. The molecule has 1 aromatic carbocycles. The van der Waals surface area contributed by atoms with E-state index >= 15 is 0 Å². The number of sulfone groups is 1. The molecule has 1 aliphatic heterocycles. The van der Waals surface area contributed by atoms with Crippen molar-refractivity contribution in [3.05, 3.63) is 30.6 Å². The Labute approximate surface area is 129 Å². The van der Waals surface area contributed by atoms with Crippen LogP contribution in [0.2, 0.25) is 0 Å². The van der Waals surface area contributed by atoms with Crippen molar-refractivity contribution >= 4 is 26.8 Å². The predicted molar refractivity (Wildman–Crippen MR) is 84.2 cm³/mol. The second kappa shape index (κ2) is 5.72. The van der Waals surface area contributed by atoms with Gasteiger partial charge in [-0.3, -0.25) is 4.79 Å². The van der Waals surface area contributed by atoms with E-state index in [1.54, 1.807) is 6.33 Å². The summed E-state index contributed by atoms with van der Waals surface area (Å²) < 4.78 is 24.7. The summed E-state index contributed by atoms with van der Waals surface area (Å²) in [5.74, 6) is 0.318. The van der Waals surface area contributed by atoms with Crippen molar-refractivity contribution < 1.29 is 13.2 Å². The third-order valence-corrected chi connectivity index (χ3v) is 6.01. The number of fused-ring (bicyclic) bond motifs is 1. The highest BCUT2D eigenvalue weighted by molar-refractivity contribution is 7.91. The molecule has 2 aromatic rings. The lowest BCUT2D eigenvalue weighted by atomic mass is 10.1. The van der Waals surface area contributed by atoms with Crippen LogP contribution in [-0.2, 0) is 14.6 Å². The van der Waals surface area contributed by atoms with Crippen molar-refractivity contribution in [3.63, 3.8) is 0 Å². The molecule has 0 spiro atoms. The van der Waals surface area contributed by atoms with Crippen molar-refractivity contribution in [2.75, 3.05) is 18.1 Å². The van der Waals surface area contributed by atoms with E-state index in [4.69, 9.17) is 0 Å². The van der Waals surface area contributed by atoms with Crippen LogP contribution in [0.15, 0.2) is 30.6 Å². The third-order valence-electron chi connectivity index (χ3n) is 4.17. The Balaban J connectivity index is 1.65. The summed E-state index contributed by atoms with van der Waals surface area (Å²) in [4.78, 5) is 16.6. The van der Waals surface area contributed by atoms with Gasteiger partial charge in [0.15, 0.2) is 9.84 Å². The number of hydrogen-bond donors (Lipinski definition) is 1. The average Bonchev–Trinajstić information content (AvgIpc) is 3.07. The van der Waals surface area contributed by atoms with Crippen molar-refractivity contribution in [2.45, 2.75) is 19.4 Å². The van der Waals surface area contributed by atoms with Gasteiger partial charge in [-0.1, -0.05) is 12.1 Å². The van der Waals surface area contributed by atoms with E-state index in [9.17, 15) is 13.2 Å². The fraction of sp³-hybridized carbons (Fsp3) is 0.467. The van der Waals surface area contributed by atoms with E-state index in [2.05, 4.69) is 10.3 Å². The van der Waals surface area contributed by atoms with Gasteiger partial charge in [0.2, 0.25) is 5.91 Å². The first kappa shape index (κ1) is 15.0. The number of nitrogens with one attached hydrogen (secondary N) is 1. The monoisotopic (exact) mass is 321 g/mol. The van der Waals surface area contributed by atoms with Gasteiger partial charge in [-0.15, -0.1) is 0 Å². The summed E-state index contributed by atoms with van der Waals surface area (Å²) in [6.07, 6.45) is 2.29. The third kappa shape index (κ3) is 2.99. The molecule has 1 fully saturated rings. The number of hydrogen-bond acceptors (Lipinski definition) is 4. The highest BCUT2D eigenvalue weighted by Crippen LogP contribution is 2.19. The standard InChI is InChI=1S/C15H19N3O3S/c1-11(18-10-17-13-4-2-3-5-14(13)18)15(19)16-8-12-6-7-22(20,21)9-12/h2-5,10-12H,6-9H2,1H3,(H,16,19)/t11-,12+/m1/s1. The summed E-state index contributed by atoms with van der Waals surface area (Å²) in [6.45, 7) is 2.23. The van der Waals surface area contributed by atoms with Gasteiger partial charge >= 0.3 is 0 Å². The smallest absolute Gasteiger partial charge is 0.242 e. The number of imidazole rings is 1. The van der Waals surface area contributed by atoms with E-state index in [1.165, 1.54) is 0 Å². The van der Waals surface area contributed by atoms with Crippen LogP contribution in [0.1, 0.15) is 19.4 Å². The van der Waals surface area contributed by atoms with E-state index in [0.29, 0.717) is 13.0 Å². The molecule has 3 rings (SSSR count). The van der Waals surface area contributed by atoms with E-state index in [-0.39, 0.29) is 29.4 Å². The minimum Gasteiger partial charge on any atom is -0.354 e. The number of benzene rings is 1. The second-order valence-electron chi connectivity index (χ2n) is 5.83. The average molecular weight is 321 g/mol. The SMILES string of the molecule is C[C@H](C(=O)NC[C@@H]1CCS(=O)(=O)C1)n1cnc2ccccc21. The van der Waals surface area contributed by atoms with Crippen molar-refractivity contribution in [3.8, 4) is 0 Å². The van der Waals surface area contributed by atoms with Gasteiger partial charge in [0, 0.05) is 6.54 Å². The normalized spacial score (nSPS) is 21.8. The molecule has 22 heavy (non-hydrogen) atoms. The molecule has 2 heterocycles. The first-order chi connectivity index (χ1) is 10.5. The first-order valence-electron chi connectivity index (χ1n) is 7.36. The van der Waals surface area contributed by atoms with E-state index in [1.807, 2.05) is 35.8 Å². The van der Waals surface area contributed by atoms with Gasteiger partial charge in [-0.25, -0.2) is 13.4 Å². The molecule has 0 aliphatic carbocycles. The molecule has 118 valence electrons. The summed E-state index contributed by atoms with van der Waals surface area (Å²) in [7, 11) is -2.90. The van der Waals surface area contributed by atoms with Gasteiger partial charge in [-0.05, 0) is 31.4 Å². The maximum atomic E-state index is 12.3. The zero-order chi connectivity index (χ0) is 15.7. The Morgan fingerprint density at radius 3 is 2.95 bits per heavy atom. The van der Waals surface area contributed by atoms with Crippen LogP contribution >= 0.6 is 0 Å². The van der Waals surface area contributed by atoms with Crippen LogP contribution in [0, 0.1) is 5.92 Å². The van der Waals surface area contributed by atoms with Gasteiger partial charge in [0.25, 0.3) is 0 Å². The molecule has 1 aromatic heterocycles. The summed E-state index contributed by atoms with van der Waals surface area (Å²) in [6, 6.07) is 7.26. The number of para-hydroxylation sites is 2. The van der Waals surface area contributed by atoms with Crippen LogP contribution in [0.4, 0.5) is 0 Å². The van der Waals surface area contributed by atoms with Crippen LogP contribution < -0.4 is 5.32 Å². The highest BCUT2D eigenvalue weighted by atomic mass is 32.2. The van der Waals surface area contributed by atoms with Gasteiger partial charge in [-0.2, -0.15) is 0 Å². The molecule has 2 atom stereocenters. The van der Waals surface area contributed by atoms with Gasteiger partial charge in [0.1, 0.15) is 6.04 Å². The minimum atomic E-state index is -2.90. The Bertz CT molecular complexity index is 797. The van der Waals surface area contributed by atoms with Crippen molar-refractivity contribution in [1.29, 1.82) is 0 Å². The number of rotatable bonds is 4. The van der Waals surface area contributed by atoms with Gasteiger partial charge < -0.3 is 9.88 Å². The summed E-state index contributed by atoms with van der Waals surface area (Å²) in [5.41, 5.74) is 1.76. The molecule has 1 saturated heterocycles. The predicted octanol–water partition coefficient (Wildman–Crippen LogP) is 1.15. The molecule has 1 aliphatic rings. The maximum absolute atomic E-state index is 12.3. The zero-order valence-electron chi connectivity index (χ0n) is 12.4. The fourth-order valence-electron chi connectivity index (χ4n) is 2.84. The topological polar surface area (TPSA) is 81.1 Å².